The Morgan fingerprint density at radius 2 is 1.74 bits per heavy atom. The molecular weight excluding hydrogens is 498 g/mol. The molecular formula is C31H43NO7. The summed E-state index contributed by atoms with van der Waals surface area (Å²) in [5, 5.41) is 0. The Bertz CT molecular complexity index is 1040. The first kappa shape index (κ1) is 27.2. The molecule has 0 unspecified atom stereocenters. The molecule has 39 heavy (non-hydrogen) atoms. The zero-order valence-electron chi connectivity index (χ0n) is 23.5. The van der Waals surface area contributed by atoms with E-state index in [2.05, 4.69) is 38.1 Å². The molecule has 5 saturated heterocycles. The number of rotatable bonds is 6. The third-order valence-corrected chi connectivity index (χ3v) is 10.2. The second-order valence-corrected chi connectivity index (χ2v) is 12.8. The second-order valence-electron chi connectivity index (χ2n) is 12.8. The summed E-state index contributed by atoms with van der Waals surface area (Å²) in [5.74, 6) is 0.0979. The van der Waals surface area contributed by atoms with E-state index < -0.39 is 29.9 Å². The molecule has 5 heterocycles. The van der Waals surface area contributed by atoms with Crippen LogP contribution in [-0.4, -0.2) is 53.8 Å². The van der Waals surface area contributed by atoms with Gasteiger partial charge in [0.25, 0.3) is 0 Å². The lowest BCUT2D eigenvalue weighted by atomic mass is 9.58. The summed E-state index contributed by atoms with van der Waals surface area (Å²) in [6, 6.07) is 10.5. The molecule has 8 atom stereocenters. The molecule has 1 aromatic carbocycles. The van der Waals surface area contributed by atoms with Gasteiger partial charge in [0.2, 0.25) is 18.0 Å². The Balaban J connectivity index is 1.02. The van der Waals surface area contributed by atoms with Crippen molar-refractivity contribution in [2.75, 3.05) is 13.1 Å². The zero-order chi connectivity index (χ0) is 27.2. The van der Waals surface area contributed by atoms with Gasteiger partial charge in [-0.1, -0.05) is 44.2 Å². The van der Waals surface area contributed by atoms with E-state index >= 15 is 0 Å². The number of fused-ring (bicyclic) bond motifs is 2. The standard InChI is InChI=1S/C31H43NO7/c1-20-9-10-25-21(2)28(36-29-31(25)24(20)13-16-30(3,37-29)38-39-31)35-27(34)12-11-26(33)32-17-14-23(15-18-32)19-22-7-5-4-6-8-22/h4-8,20-21,23-25,28-29H,9-19H2,1-3H3/t20-,21-,24-,25-,28-,29-,30-,31-/m1/s1. The first-order valence-corrected chi connectivity index (χ1v) is 15.0. The van der Waals surface area contributed by atoms with Gasteiger partial charge in [-0.15, -0.1) is 0 Å². The number of amides is 1. The molecule has 2 bridgehead atoms. The summed E-state index contributed by atoms with van der Waals surface area (Å²) in [4.78, 5) is 39.7. The van der Waals surface area contributed by atoms with Crippen LogP contribution in [-0.2, 0) is 40.0 Å². The van der Waals surface area contributed by atoms with Crippen LogP contribution in [0.25, 0.3) is 0 Å². The van der Waals surface area contributed by atoms with Gasteiger partial charge < -0.3 is 19.1 Å². The lowest BCUT2D eigenvalue weighted by molar-refractivity contribution is -0.576. The Hall–Kier alpha value is -2.00. The van der Waals surface area contributed by atoms with Crippen molar-refractivity contribution < 1.29 is 33.6 Å². The van der Waals surface area contributed by atoms with E-state index in [9.17, 15) is 9.59 Å². The minimum atomic E-state index is -0.867. The molecule has 1 saturated carbocycles. The Morgan fingerprint density at radius 3 is 2.51 bits per heavy atom. The molecule has 1 aromatic rings. The summed E-state index contributed by atoms with van der Waals surface area (Å²) >= 11 is 0. The van der Waals surface area contributed by atoms with Crippen LogP contribution in [0.3, 0.4) is 0 Å². The average molecular weight is 542 g/mol. The van der Waals surface area contributed by atoms with Crippen LogP contribution in [0.15, 0.2) is 30.3 Å². The molecule has 5 aliphatic heterocycles. The number of likely N-dealkylation sites (tertiary alicyclic amines) is 1. The van der Waals surface area contributed by atoms with Gasteiger partial charge in [-0.05, 0) is 68.8 Å². The lowest BCUT2D eigenvalue weighted by Crippen LogP contribution is -2.70. The Kier molecular flexibility index (Phi) is 7.50. The summed E-state index contributed by atoms with van der Waals surface area (Å²) < 4.78 is 18.5. The maximum atomic E-state index is 12.9. The van der Waals surface area contributed by atoms with E-state index in [1.54, 1.807) is 0 Å². The van der Waals surface area contributed by atoms with Crippen LogP contribution < -0.4 is 0 Å². The smallest absolute Gasteiger partial charge is 0.308 e. The number of esters is 1. The van der Waals surface area contributed by atoms with Gasteiger partial charge in [0.05, 0.1) is 6.42 Å². The first-order valence-electron chi connectivity index (χ1n) is 15.0. The topological polar surface area (TPSA) is 83.5 Å². The first-order chi connectivity index (χ1) is 18.8. The molecule has 1 aliphatic carbocycles. The summed E-state index contributed by atoms with van der Waals surface area (Å²) in [6.45, 7) is 7.72. The van der Waals surface area contributed by atoms with Crippen molar-refractivity contribution in [1.29, 1.82) is 0 Å². The monoisotopic (exact) mass is 541 g/mol. The summed E-state index contributed by atoms with van der Waals surface area (Å²) in [7, 11) is 0. The molecule has 0 aromatic heterocycles. The number of carbonyl (C=O) groups is 2. The van der Waals surface area contributed by atoms with Gasteiger partial charge >= 0.3 is 5.97 Å². The van der Waals surface area contributed by atoms with Crippen molar-refractivity contribution in [3.05, 3.63) is 35.9 Å². The van der Waals surface area contributed by atoms with Crippen LogP contribution in [0.2, 0.25) is 0 Å². The minimum Gasteiger partial charge on any atom is -0.435 e. The van der Waals surface area contributed by atoms with E-state index in [0.717, 1.165) is 58.0 Å². The number of hydrogen-bond acceptors (Lipinski definition) is 7. The van der Waals surface area contributed by atoms with Crippen LogP contribution in [0, 0.1) is 29.6 Å². The van der Waals surface area contributed by atoms with Gasteiger partial charge in [0, 0.05) is 37.8 Å². The summed E-state index contributed by atoms with van der Waals surface area (Å²) in [5.41, 5.74) is 0.669. The average Bonchev–Trinajstić information content (AvgIpc) is 3.17. The van der Waals surface area contributed by atoms with E-state index in [1.165, 1.54) is 5.56 Å². The SMILES string of the molecule is C[C@H]1[C@H](OC(=O)CCC(=O)N2CCC(Cc3ccccc3)CC2)O[C@@H]2O[C@@]3(C)CC[C@@H]4[C@H](C)CC[C@H]1[C@@]24OO3. The second kappa shape index (κ2) is 10.8. The highest BCUT2D eigenvalue weighted by Gasteiger charge is 2.69. The lowest BCUT2D eigenvalue weighted by Gasteiger charge is -2.59. The zero-order valence-corrected chi connectivity index (χ0v) is 23.5. The highest BCUT2D eigenvalue weighted by molar-refractivity contribution is 5.81. The van der Waals surface area contributed by atoms with Gasteiger partial charge in [0.1, 0.15) is 0 Å². The fourth-order valence-electron chi connectivity index (χ4n) is 7.90. The van der Waals surface area contributed by atoms with Crippen molar-refractivity contribution in [2.45, 2.75) is 103 Å². The maximum absolute atomic E-state index is 12.9. The van der Waals surface area contributed by atoms with Crippen LogP contribution in [0.5, 0.6) is 0 Å². The number of hydrogen-bond donors (Lipinski definition) is 0. The third-order valence-electron chi connectivity index (χ3n) is 10.2. The number of nitrogens with zero attached hydrogens (tertiary/aromatic N) is 1. The third kappa shape index (κ3) is 5.14. The van der Waals surface area contributed by atoms with Crippen molar-refractivity contribution in [3.63, 3.8) is 0 Å². The van der Waals surface area contributed by atoms with Crippen molar-refractivity contribution in [3.8, 4) is 0 Å². The molecule has 0 radical (unpaired) electrons. The predicted molar refractivity (Wildman–Crippen MR) is 142 cm³/mol. The molecule has 1 spiro atoms. The quantitative estimate of drug-likeness (QED) is 0.370. The largest absolute Gasteiger partial charge is 0.435 e. The number of ether oxygens (including phenoxy) is 3. The molecule has 0 N–H and O–H groups in total. The van der Waals surface area contributed by atoms with Gasteiger partial charge in [-0.25, -0.2) is 9.78 Å². The van der Waals surface area contributed by atoms with Crippen molar-refractivity contribution in [2.24, 2.45) is 29.6 Å². The number of piperidine rings is 1. The Labute approximate surface area is 231 Å². The minimum absolute atomic E-state index is 0.0219. The predicted octanol–water partition coefficient (Wildman–Crippen LogP) is 5.00. The maximum Gasteiger partial charge on any atom is 0.308 e. The van der Waals surface area contributed by atoms with Crippen molar-refractivity contribution in [1.82, 2.24) is 4.90 Å². The molecule has 6 aliphatic rings. The van der Waals surface area contributed by atoms with E-state index in [-0.39, 0.29) is 36.5 Å². The van der Waals surface area contributed by atoms with E-state index in [4.69, 9.17) is 24.0 Å². The van der Waals surface area contributed by atoms with Crippen molar-refractivity contribution >= 4 is 11.9 Å². The fourth-order valence-corrected chi connectivity index (χ4v) is 7.90. The Morgan fingerprint density at radius 1 is 0.974 bits per heavy atom. The normalized spacial score (nSPS) is 40.0. The van der Waals surface area contributed by atoms with E-state index in [1.807, 2.05) is 17.9 Å². The number of benzene rings is 1. The number of carbonyl (C=O) groups excluding carboxylic acids is 2. The van der Waals surface area contributed by atoms with Gasteiger partial charge in [0.15, 0.2) is 11.9 Å². The molecule has 8 nitrogen and oxygen atoms in total. The molecule has 1 amide bonds. The van der Waals surface area contributed by atoms with Crippen LogP contribution in [0.4, 0.5) is 0 Å². The van der Waals surface area contributed by atoms with Gasteiger partial charge in [-0.3, -0.25) is 9.59 Å². The van der Waals surface area contributed by atoms with Crippen LogP contribution >= 0.6 is 0 Å². The van der Waals surface area contributed by atoms with E-state index in [0.29, 0.717) is 11.8 Å². The van der Waals surface area contributed by atoms with Crippen LogP contribution in [0.1, 0.15) is 77.7 Å². The highest BCUT2D eigenvalue weighted by Crippen LogP contribution is 2.60. The molecule has 214 valence electrons. The molecule has 6 fully saturated rings. The summed E-state index contributed by atoms with van der Waals surface area (Å²) in [6.07, 6.45) is 5.58. The molecule has 7 rings (SSSR count). The highest BCUT2D eigenvalue weighted by atomic mass is 17.3. The van der Waals surface area contributed by atoms with Gasteiger partial charge in [-0.2, -0.15) is 0 Å². The molecule has 8 heteroatoms. The fraction of sp³-hybridized carbons (Fsp3) is 0.742.